The highest BCUT2D eigenvalue weighted by Gasteiger charge is 2.17. The number of para-hydroxylation sites is 3. The maximum atomic E-state index is 13.6. The molecule has 2 heterocycles. The highest BCUT2D eigenvalue weighted by atomic mass is 16.6. The number of hydrogen-bond acceptors (Lipinski definition) is 8. The Balaban J connectivity index is 1.39. The number of carbonyl (C=O) groups excluding carboxylic acids is 1. The van der Waals surface area contributed by atoms with Crippen molar-refractivity contribution in [2.75, 3.05) is 11.9 Å². The van der Waals surface area contributed by atoms with Gasteiger partial charge < -0.3 is 14.5 Å². The lowest BCUT2D eigenvalue weighted by Gasteiger charge is -2.10. The first-order valence-corrected chi connectivity index (χ1v) is 12.8. The van der Waals surface area contributed by atoms with Gasteiger partial charge in [-0.2, -0.15) is 9.78 Å². The van der Waals surface area contributed by atoms with Crippen LogP contribution in [0.4, 0.5) is 11.4 Å². The van der Waals surface area contributed by atoms with Gasteiger partial charge in [-0.25, -0.2) is 4.98 Å². The molecular weight excluding hydrogens is 538 g/mol. The summed E-state index contributed by atoms with van der Waals surface area (Å²) in [7, 11) is 0. The van der Waals surface area contributed by atoms with E-state index in [0.29, 0.717) is 27.9 Å². The van der Waals surface area contributed by atoms with Crippen LogP contribution in [0, 0.1) is 10.1 Å². The third-order valence-electron chi connectivity index (χ3n) is 6.33. The molecule has 0 aliphatic rings. The minimum absolute atomic E-state index is 0.140. The third-order valence-corrected chi connectivity index (χ3v) is 6.33. The van der Waals surface area contributed by atoms with Gasteiger partial charge in [-0.15, -0.1) is 0 Å². The smallest absolute Gasteiger partial charge is 0.282 e. The Kier molecular flexibility index (Phi) is 6.96. The van der Waals surface area contributed by atoms with Gasteiger partial charge in [0.25, 0.3) is 17.2 Å². The Morgan fingerprint density at radius 2 is 1.76 bits per heavy atom. The van der Waals surface area contributed by atoms with Gasteiger partial charge in [0.1, 0.15) is 11.3 Å². The minimum Gasteiger partial charge on any atom is -0.483 e. The number of furan rings is 1. The SMILES string of the molecule is O=C(COc1ccc([N+](=O)[O-])cc1C=Nn1c(-c2cc3ccccc3o2)nc2ccccc2c1=O)Nc1ccccc1. The Bertz CT molecular complexity index is 2020. The predicted octanol–water partition coefficient (Wildman–Crippen LogP) is 5.62. The molecular formula is C31H21N5O6. The second kappa shape index (κ2) is 11.2. The van der Waals surface area contributed by atoms with E-state index in [1.54, 1.807) is 60.7 Å². The second-order valence-corrected chi connectivity index (χ2v) is 9.14. The van der Waals surface area contributed by atoms with Crippen LogP contribution < -0.4 is 15.6 Å². The molecule has 11 heteroatoms. The number of nitrogens with zero attached hydrogens (tertiary/aromatic N) is 4. The molecule has 2 aromatic heterocycles. The maximum Gasteiger partial charge on any atom is 0.282 e. The number of benzene rings is 4. The zero-order valence-electron chi connectivity index (χ0n) is 21.8. The number of nitrogens with one attached hydrogen (secondary N) is 1. The molecule has 0 aliphatic carbocycles. The van der Waals surface area contributed by atoms with E-state index >= 15 is 0 Å². The molecule has 206 valence electrons. The average Bonchev–Trinajstić information content (AvgIpc) is 3.44. The number of ether oxygens (including phenoxy) is 1. The second-order valence-electron chi connectivity index (χ2n) is 9.14. The molecule has 0 saturated heterocycles. The van der Waals surface area contributed by atoms with E-state index in [1.807, 2.05) is 24.3 Å². The first-order valence-electron chi connectivity index (χ1n) is 12.8. The van der Waals surface area contributed by atoms with E-state index in [4.69, 9.17) is 9.15 Å². The summed E-state index contributed by atoms with van der Waals surface area (Å²) < 4.78 is 12.8. The van der Waals surface area contributed by atoms with Crippen molar-refractivity contribution in [2.45, 2.75) is 0 Å². The molecule has 0 fully saturated rings. The molecule has 0 unspecified atom stereocenters. The van der Waals surface area contributed by atoms with Crippen molar-refractivity contribution < 1.29 is 18.9 Å². The summed E-state index contributed by atoms with van der Waals surface area (Å²) in [5.41, 5.74) is 1.13. The van der Waals surface area contributed by atoms with Crippen LogP contribution in [0.5, 0.6) is 5.75 Å². The average molecular weight is 560 g/mol. The van der Waals surface area contributed by atoms with E-state index in [2.05, 4.69) is 15.4 Å². The van der Waals surface area contributed by atoms with Crippen molar-refractivity contribution in [2.24, 2.45) is 5.10 Å². The van der Waals surface area contributed by atoms with Gasteiger partial charge in [-0.3, -0.25) is 19.7 Å². The molecule has 4 aromatic carbocycles. The van der Waals surface area contributed by atoms with Crippen molar-refractivity contribution in [3.05, 3.63) is 129 Å². The minimum atomic E-state index is -0.563. The molecule has 1 N–H and O–H groups in total. The molecule has 0 bridgehead atoms. The third kappa shape index (κ3) is 5.34. The Morgan fingerprint density at radius 1 is 1.00 bits per heavy atom. The quantitative estimate of drug-likeness (QED) is 0.145. The first-order chi connectivity index (χ1) is 20.5. The molecule has 42 heavy (non-hydrogen) atoms. The lowest BCUT2D eigenvalue weighted by molar-refractivity contribution is -0.384. The molecule has 0 atom stereocenters. The fourth-order valence-electron chi connectivity index (χ4n) is 4.35. The number of aromatic nitrogens is 2. The number of amides is 1. The normalized spacial score (nSPS) is 11.2. The number of hydrogen-bond donors (Lipinski definition) is 1. The standard InChI is InChI=1S/C31H21N5O6/c37-29(33-22-9-2-1-3-10-22)19-41-26-15-14-23(36(39)40)16-21(26)18-32-35-30(28-17-20-8-4-7-13-27(20)42-28)34-25-12-6-5-11-24(25)31(35)38/h1-18H,19H2,(H,33,37). The molecule has 0 saturated carbocycles. The summed E-state index contributed by atoms with van der Waals surface area (Å²) in [4.78, 5) is 41.6. The van der Waals surface area contributed by atoms with E-state index in [1.165, 1.54) is 24.4 Å². The highest BCUT2D eigenvalue weighted by Crippen LogP contribution is 2.28. The number of fused-ring (bicyclic) bond motifs is 2. The molecule has 0 aliphatic heterocycles. The number of nitro benzene ring substituents is 1. The zero-order valence-corrected chi connectivity index (χ0v) is 21.8. The van der Waals surface area contributed by atoms with Crippen molar-refractivity contribution in [1.29, 1.82) is 0 Å². The number of carbonyl (C=O) groups is 1. The Labute approximate surface area is 237 Å². The van der Waals surface area contributed by atoms with Crippen LogP contribution >= 0.6 is 0 Å². The van der Waals surface area contributed by atoms with Crippen molar-refractivity contribution in [3.63, 3.8) is 0 Å². The van der Waals surface area contributed by atoms with Gasteiger partial charge in [-0.1, -0.05) is 48.5 Å². The van der Waals surface area contributed by atoms with Gasteiger partial charge in [0.05, 0.1) is 22.0 Å². The van der Waals surface area contributed by atoms with Crippen molar-refractivity contribution in [1.82, 2.24) is 9.66 Å². The molecule has 11 nitrogen and oxygen atoms in total. The number of rotatable bonds is 8. The van der Waals surface area contributed by atoms with Gasteiger partial charge >= 0.3 is 0 Å². The van der Waals surface area contributed by atoms with Crippen LogP contribution in [-0.4, -0.2) is 33.3 Å². The fourth-order valence-corrected chi connectivity index (χ4v) is 4.35. The van der Waals surface area contributed by atoms with E-state index in [0.717, 1.165) is 10.1 Å². The number of nitro groups is 1. The Morgan fingerprint density at radius 3 is 2.57 bits per heavy atom. The van der Waals surface area contributed by atoms with Crippen molar-refractivity contribution in [3.8, 4) is 17.3 Å². The van der Waals surface area contributed by atoms with Crippen LogP contribution in [0.1, 0.15) is 5.56 Å². The number of anilines is 1. The van der Waals surface area contributed by atoms with Gasteiger partial charge in [0, 0.05) is 28.8 Å². The first kappa shape index (κ1) is 26.1. The summed E-state index contributed by atoms with van der Waals surface area (Å²) in [6.07, 6.45) is 1.25. The van der Waals surface area contributed by atoms with Gasteiger partial charge in [0.2, 0.25) is 5.82 Å². The summed E-state index contributed by atoms with van der Waals surface area (Å²) in [5, 5.41) is 19.7. The molecule has 6 rings (SSSR count). The lowest BCUT2D eigenvalue weighted by Crippen LogP contribution is -2.21. The van der Waals surface area contributed by atoms with Crippen LogP contribution in [0.25, 0.3) is 33.5 Å². The van der Waals surface area contributed by atoms with Gasteiger partial charge in [-0.05, 0) is 42.5 Å². The van der Waals surface area contributed by atoms with Crippen molar-refractivity contribution >= 4 is 45.4 Å². The molecule has 0 radical (unpaired) electrons. The van der Waals surface area contributed by atoms with Crippen LogP contribution in [-0.2, 0) is 4.79 Å². The topological polar surface area (TPSA) is 142 Å². The fraction of sp³-hybridized carbons (Fsp3) is 0.0323. The van der Waals surface area contributed by atoms with Crippen LogP contribution in [0.15, 0.2) is 117 Å². The zero-order chi connectivity index (χ0) is 29.1. The summed E-state index contributed by atoms with van der Waals surface area (Å²) >= 11 is 0. The van der Waals surface area contributed by atoms with Crippen LogP contribution in [0.2, 0.25) is 0 Å². The van der Waals surface area contributed by atoms with E-state index in [9.17, 15) is 19.7 Å². The largest absolute Gasteiger partial charge is 0.483 e. The lowest BCUT2D eigenvalue weighted by atomic mass is 10.2. The molecule has 1 amide bonds. The van der Waals surface area contributed by atoms with E-state index < -0.39 is 16.4 Å². The highest BCUT2D eigenvalue weighted by molar-refractivity contribution is 5.92. The number of non-ortho nitro benzene ring substituents is 1. The predicted molar refractivity (Wildman–Crippen MR) is 158 cm³/mol. The monoisotopic (exact) mass is 559 g/mol. The Hall–Kier alpha value is -6.10. The summed E-state index contributed by atoms with van der Waals surface area (Å²) in [6.45, 7) is -0.366. The summed E-state index contributed by atoms with van der Waals surface area (Å²) in [5.74, 6) is 0.176. The van der Waals surface area contributed by atoms with Crippen LogP contribution in [0.3, 0.4) is 0 Å². The molecule has 0 spiro atoms. The molecule has 6 aromatic rings. The van der Waals surface area contributed by atoms with Gasteiger partial charge in [0.15, 0.2) is 12.4 Å². The maximum absolute atomic E-state index is 13.6. The van der Waals surface area contributed by atoms with E-state index in [-0.39, 0.29) is 29.4 Å². The summed E-state index contributed by atoms with van der Waals surface area (Å²) in [6, 6.07) is 28.7.